The Bertz CT molecular complexity index is 1190. The number of aromatic nitrogens is 1. The van der Waals surface area contributed by atoms with Crippen LogP contribution in [0.1, 0.15) is 29.3 Å². The molecule has 3 rings (SSSR count). The Morgan fingerprint density at radius 2 is 1.87 bits per heavy atom. The Labute approximate surface area is 173 Å². The zero-order valence-corrected chi connectivity index (χ0v) is 17.7. The fourth-order valence-corrected chi connectivity index (χ4v) is 4.28. The van der Waals surface area contributed by atoms with Crippen LogP contribution in [0.2, 0.25) is 0 Å². The molecule has 0 bridgehead atoms. The van der Waals surface area contributed by atoms with Crippen LogP contribution in [0.4, 0.5) is 0 Å². The van der Waals surface area contributed by atoms with Gasteiger partial charge in [-0.25, -0.2) is 13.9 Å². The van der Waals surface area contributed by atoms with Crippen molar-refractivity contribution in [3.8, 4) is 11.1 Å². The number of sulfone groups is 1. The number of amides is 2. The van der Waals surface area contributed by atoms with Crippen LogP contribution in [0.15, 0.2) is 41.3 Å². The molecule has 1 aromatic heterocycles. The molecule has 160 valence electrons. The number of fused-ring (bicyclic) bond motifs is 1. The quantitative estimate of drug-likeness (QED) is 0.513. The van der Waals surface area contributed by atoms with E-state index >= 15 is 0 Å². The zero-order chi connectivity index (χ0) is 22.3. The normalized spacial score (nSPS) is 15.6. The number of pyridine rings is 1. The predicted octanol–water partition coefficient (Wildman–Crippen LogP) is 0.800. The van der Waals surface area contributed by atoms with Gasteiger partial charge in [-0.2, -0.15) is 0 Å². The summed E-state index contributed by atoms with van der Waals surface area (Å²) in [6, 6.07) is 8.54. The number of benzene rings is 1. The number of carbonyl (C=O) groups is 2. The lowest BCUT2D eigenvalue weighted by Crippen LogP contribution is -2.49. The first-order valence-corrected chi connectivity index (χ1v) is 11.1. The van der Waals surface area contributed by atoms with Crippen molar-refractivity contribution < 1.29 is 23.2 Å². The summed E-state index contributed by atoms with van der Waals surface area (Å²) in [4.78, 5) is 38.1. The van der Waals surface area contributed by atoms with Crippen molar-refractivity contribution in [2.75, 3.05) is 13.3 Å². The van der Waals surface area contributed by atoms with Gasteiger partial charge < -0.3 is 9.47 Å². The van der Waals surface area contributed by atoms with Gasteiger partial charge in [-0.05, 0) is 48.2 Å². The second-order valence-corrected chi connectivity index (χ2v) is 10.1. The van der Waals surface area contributed by atoms with E-state index in [0.29, 0.717) is 17.7 Å². The van der Waals surface area contributed by atoms with Gasteiger partial charge in [0.15, 0.2) is 14.6 Å². The van der Waals surface area contributed by atoms with E-state index in [1.54, 1.807) is 30.1 Å². The van der Waals surface area contributed by atoms with Gasteiger partial charge in [0.25, 0.3) is 17.4 Å². The first-order chi connectivity index (χ1) is 14.0. The average Bonchev–Trinajstić information content (AvgIpc) is 2.98. The van der Waals surface area contributed by atoms with Crippen molar-refractivity contribution in [2.45, 2.75) is 31.2 Å². The maximum Gasteiger partial charge on any atom is 0.264 e. The first kappa shape index (κ1) is 21.7. The summed E-state index contributed by atoms with van der Waals surface area (Å²) >= 11 is 0. The van der Waals surface area contributed by atoms with E-state index in [1.165, 1.54) is 29.2 Å². The van der Waals surface area contributed by atoms with Crippen molar-refractivity contribution >= 4 is 21.7 Å². The van der Waals surface area contributed by atoms with Gasteiger partial charge in [-0.3, -0.25) is 19.6 Å². The largest absolute Gasteiger partial charge is 0.337 e. The van der Waals surface area contributed by atoms with Crippen LogP contribution in [0.5, 0.6) is 0 Å². The van der Waals surface area contributed by atoms with Crippen LogP contribution in [-0.2, 0) is 27.7 Å². The van der Waals surface area contributed by atoms with Gasteiger partial charge in [-0.15, -0.1) is 0 Å². The van der Waals surface area contributed by atoms with E-state index in [1.807, 2.05) is 6.07 Å². The second-order valence-electron chi connectivity index (χ2n) is 7.67. The third-order valence-corrected chi connectivity index (χ3v) is 7.68. The van der Waals surface area contributed by atoms with Crippen molar-refractivity contribution in [3.63, 3.8) is 0 Å². The van der Waals surface area contributed by atoms with Gasteiger partial charge >= 0.3 is 0 Å². The lowest BCUT2D eigenvalue weighted by Gasteiger charge is -2.25. The van der Waals surface area contributed by atoms with Gasteiger partial charge in [0, 0.05) is 44.2 Å². The Balaban J connectivity index is 1.85. The molecule has 1 atom stereocenters. The molecule has 0 saturated carbocycles. The number of hydroxylamine groups is 1. The fourth-order valence-electron chi connectivity index (χ4n) is 3.44. The lowest BCUT2D eigenvalue weighted by molar-refractivity contribution is -0.131. The Morgan fingerprint density at radius 1 is 1.20 bits per heavy atom. The second kappa shape index (κ2) is 7.69. The Kier molecular flexibility index (Phi) is 5.57. The number of nitrogens with zero attached hydrogens (tertiary/aromatic N) is 2. The molecule has 0 spiro atoms. The number of hydrogen-bond donors (Lipinski definition) is 2. The van der Waals surface area contributed by atoms with Crippen LogP contribution >= 0.6 is 0 Å². The van der Waals surface area contributed by atoms with E-state index in [0.717, 1.165) is 17.4 Å². The molecule has 2 aromatic rings. The molecule has 0 fully saturated rings. The van der Waals surface area contributed by atoms with E-state index in [2.05, 4.69) is 0 Å². The van der Waals surface area contributed by atoms with E-state index in [4.69, 9.17) is 5.21 Å². The highest BCUT2D eigenvalue weighted by molar-refractivity contribution is 7.92. The monoisotopic (exact) mass is 433 g/mol. The molecule has 9 nitrogen and oxygen atoms in total. The molecule has 1 aromatic carbocycles. The third kappa shape index (κ3) is 3.75. The van der Waals surface area contributed by atoms with Crippen molar-refractivity contribution in [1.29, 1.82) is 0 Å². The molecule has 1 aliphatic heterocycles. The number of aryl methyl sites for hydroxylation is 1. The number of rotatable bonds is 6. The summed E-state index contributed by atoms with van der Waals surface area (Å²) in [7, 11) is -2.12. The summed E-state index contributed by atoms with van der Waals surface area (Å²) in [5.74, 6) is -1.08. The summed E-state index contributed by atoms with van der Waals surface area (Å²) in [5, 5.41) is 8.89. The van der Waals surface area contributed by atoms with E-state index in [-0.39, 0.29) is 24.4 Å². The fraction of sp³-hybridized carbons (Fsp3) is 0.350. The maximum atomic E-state index is 12.6. The molecule has 0 saturated heterocycles. The molecule has 2 heterocycles. The summed E-state index contributed by atoms with van der Waals surface area (Å²) in [5.41, 5.74) is 4.03. The van der Waals surface area contributed by atoms with Crippen LogP contribution in [-0.4, -0.2) is 53.0 Å². The lowest BCUT2D eigenvalue weighted by atomic mass is 10.0. The standard InChI is InChI=1S/C20H23N3O6S/c1-20(19(26)21-27,30(3,28)29)7-9-23-8-6-14(11-17(23)24)13-4-5-16-15(10-13)12-22(2)18(16)25/h4-6,8,10-11,27H,7,9,12H2,1-3H3,(H,21,26). The first-order valence-electron chi connectivity index (χ1n) is 9.21. The summed E-state index contributed by atoms with van der Waals surface area (Å²) in [6.45, 7) is 1.69. The minimum atomic E-state index is -3.84. The molecule has 2 amide bonds. The summed E-state index contributed by atoms with van der Waals surface area (Å²) < 4.78 is 23.5. The van der Waals surface area contributed by atoms with Crippen molar-refractivity contribution in [3.05, 3.63) is 58.0 Å². The Hall–Kier alpha value is -2.98. The van der Waals surface area contributed by atoms with Gasteiger partial charge in [0.05, 0.1) is 0 Å². The molecule has 30 heavy (non-hydrogen) atoms. The van der Waals surface area contributed by atoms with Crippen molar-refractivity contribution in [2.24, 2.45) is 0 Å². The average molecular weight is 433 g/mol. The smallest absolute Gasteiger partial charge is 0.264 e. The Morgan fingerprint density at radius 3 is 2.47 bits per heavy atom. The minimum Gasteiger partial charge on any atom is -0.337 e. The van der Waals surface area contributed by atoms with Crippen LogP contribution < -0.4 is 11.0 Å². The number of nitrogens with one attached hydrogen (secondary N) is 1. The number of hydrogen-bond acceptors (Lipinski definition) is 6. The molecular weight excluding hydrogens is 410 g/mol. The molecule has 0 radical (unpaired) electrons. The maximum absolute atomic E-state index is 12.6. The van der Waals surface area contributed by atoms with Crippen LogP contribution in [0.25, 0.3) is 11.1 Å². The topological polar surface area (TPSA) is 126 Å². The molecule has 0 aliphatic carbocycles. The molecule has 2 N–H and O–H groups in total. The van der Waals surface area contributed by atoms with Gasteiger partial charge in [0.2, 0.25) is 0 Å². The highest BCUT2D eigenvalue weighted by Crippen LogP contribution is 2.27. The minimum absolute atomic E-state index is 0.0282. The molecular formula is C20H23N3O6S. The summed E-state index contributed by atoms with van der Waals surface area (Å²) in [6.07, 6.45) is 2.25. The zero-order valence-electron chi connectivity index (χ0n) is 16.9. The highest BCUT2D eigenvalue weighted by atomic mass is 32.2. The highest BCUT2D eigenvalue weighted by Gasteiger charge is 2.43. The SMILES string of the molecule is CN1Cc2cc(-c3ccn(CCC(C)(C(=O)NO)S(C)(=O)=O)c(=O)c3)ccc2C1=O. The molecule has 10 heteroatoms. The third-order valence-electron chi connectivity index (χ3n) is 5.65. The molecule has 1 unspecified atom stereocenters. The predicted molar refractivity (Wildman–Crippen MR) is 110 cm³/mol. The number of carbonyl (C=O) groups excluding carboxylic acids is 2. The van der Waals surface area contributed by atoms with Gasteiger partial charge in [-0.1, -0.05) is 6.07 Å². The van der Waals surface area contributed by atoms with E-state index in [9.17, 15) is 22.8 Å². The van der Waals surface area contributed by atoms with Crippen molar-refractivity contribution in [1.82, 2.24) is 14.9 Å². The van der Waals surface area contributed by atoms with E-state index < -0.39 is 20.5 Å². The van der Waals surface area contributed by atoms with Crippen LogP contribution in [0.3, 0.4) is 0 Å². The van der Waals surface area contributed by atoms with Gasteiger partial charge in [0.1, 0.15) is 0 Å². The van der Waals surface area contributed by atoms with Crippen LogP contribution in [0, 0.1) is 0 Å². The molecule has 1 aliphatic rings.